The molecule has 0 bridgehead atoms. The SMILES string of the molecule is CCOC(=O)c1n[nH]c(C2CC(O)C2)n1. The van der Waals surface area contributed by atoms with E-state index < -0.39 is 5.97 Å². The lowest BCUT2D eigenvalue weighted by atomic mass is 9.82. The number of carbonyl (C=O) groups is 1. The minimum atomic E-state index is -0.514. The highest BCUT2D eigenvalue weighted by Gasteiger charge is 2.31. The number of H-pyrrole nitrogens is 1. The maximum absolute atomic E-state index is 11.2. The van der Waals surface area contributed by atoms with Gasteiger partial charge in [0.1, 0.15) is 5.82 Å². The molecule has 1 aliphatic rings. The highest BCUT2D eigenvalue weighted by molar-refractivity contribution is 5.84. The molecule has 2 rings (SSSR count). The van der Waals surface area contributed by atoms with Crippen LogP contribution in [-0.2, 0) is 4.74 Å². The number of esters is 1. The van der Waals surface area contributed by atoms with Crippen LogP contribution >= 0.6 is 0 Å². The Balaban J connectivity index is 2.01. The van der Waals surface area contributed by atoms with Gasteiger partial charge in [0.05, 0.1) is 12.7 Å². The standard InChI is InChI=1S/C9H13N3O3/c1-2-15-9(14)8-10-7(11-12-8)5-3-6(13)4-5/h5-6,13H,2-4H2,1H3,(H,10,11,12). The van der Waals surface area contributed by atoms with Crippen LogP contribution in [0.3, 0.4) is 0 Å². The number of carbonyl (C=O) groups excluding carboxylic acids is 1. The summed E-state index contributed by atoms with van der Waals surface area (Å²) >= 11 is 0. The number of aromatic amines is 1. The van der Waals surface area contributed by atoms with Gasteiger partial charge in [-0.1, -0.05) is 0 Å². The third kappa shape index (κ3) is 1.99. The highest BCUT2D eigenvalue weighted by atomic mass is 16.5. The monoisotopic (exact) mass is 211 g/mol. The van der Waals surface area contributed by atoms with E-state index >= 15 is 0 Å². The molecule has 1 saturated carbocycles. The van der Waals surface area contributed by atoms with Crippen molar-refractivity contribution in [2.24, 2.45) is 0 Å². The molecule has 1 aliphatic carbocycles. The number of hydrogen-bond acceptors (Lipinski definition) is 5. The summed E-state index contributed by atoms with van der Waals surface area (Å²) in [5.41, 5.74) is 0. The first-order valence-electron chi connectivity index (χ1n) is 4.98. The number of aliphatic hydroxyl groups excluding tert-OH is 1. The Morgan fingerprint density at radius 2 is 2.40 bits per heavy atom. The number of aromatic nitrogens is 3. The molecule has 0 atom stereocenters. The fourth-order valence-corrected chi connectivity index (χ4v) is 1.55. The lowest BCUT2D eigenvalue weighted by Gasteiger charge is -2.28. The quantitative estimate of drug-likeness (QED) is 0.698. The van der Waals surface area contributed by atoms with Crippen molar-refractivity contribution in [3.63, 3.8) is 0 Å². The normalized spacial score (nSPS) is 24.7. The molecule has 0 aromatic carbocycles. The lowest BCUT2D eigenvalue weighted by molar-refractivity contribution is 0.0512. The van der Waals surface area contributed by atoms with Gasteiger partial charge in [0, 0.05) is 5.92 Å². The molecule has 82 valence electrons. The molecule has 0 amide bonds. The second-order valence-electron chi connectivity index (χ2n) is 3.59. The van der Waals surface area contributed by atoms with Crippen molar-refractivity contribution in [2.45, 2.75) is 31.8 Å². The topological polar surface area (TPSA) is 88.1 Å². The van der Waals surface area contributed by atoms with E-state index in [0.717, 1.165) is 0 Å². The van der Waals surface area contributed by atoms with Crippen molar-refractivity contribution < 1.29 is 14.6 Å². The fourth-order valence-electron chi connectivity index (χ4n) is 1.55. The average molecular weight is 211 g/mol. The second kappa shape index (κ2) is 3.98. The van der Waals surface area contributed by atoms with Crippen molar-refractivity contribution in [2.75, 3.05) is 6.61 Å². The molecule has 15 heavy (non-hydrogen) atoms. The molecule has 1 heterocycles. The maximum Gasteiger partial charge on any atom is 0.378 e. The van der Waals surface area contributed by atoms with Gasteiger partial charge >= 0.3 is 5.97 Å². The van der Waals surface area contributed by atoms with Crippen molar-refractivity contribution in [1.29, 1.82) is 0 Å². The molecule has 0 saturated heterocycles. The predicted molar refractivity (Wildman–Crippen MR) is 50.3 cm³/mol. The first-order valence-corrected chi connectivity index (χ1v) is 4.98. The van der Waals surface area contributed by atoms with Crippen LogP contribution in [0.4, 0.5) is 0 Å². The number of aliphatic hydroxyl groups is 1. The zero-order valence-electron chi connectivity index (χ0n) is 8.43. The van der Waals surface area contributed by atoms with Crippen LogP contribution in [0.15, 0.2) is 0 Å². The number of nitrogens with zero attached hydrogens (tertiary/aromatic N) is 2. The van der Waals surface area contributed by atoms with Crippen LogP contribution in [0.5, 0.6) is 0 Å². The summed E-state index contributed by atoms with van der Waals surface area (Å²) in [7, 11) is 0. The molecular weight excluding hydrogens is 198 g/mol. The molecule has 0 spiro atoms. The van der Waals surface area contributed by atoms with Gasteiger partial charge in [0.25, 0.3) is 5.82 Å². The molecule has 6 heteroatoms. The van der Waals surface area contributed by atoms with Crippen LogP contribution in [0.1, 0.15) is 42.1 Å². The van der Waals surface area contributed by atoms with Crippen LogP contribution in [0, 0.1) is 0 Å². The van der Waals surface area contributed by atoms with Gasteiger partial charge in [0.2, 0.25) is 0 Å². The molecule has 2 N–H and O–H groups in total. The van der Waals surface area contributed by atoms with E-state index in [4.69, 9.17) is 9.84 Å². The Kier molecular flexibility index (Phi) is 2.68. The third-order valence-corrected chi connectivity index (χ3v) is 2.46. The Hall–Kier alpha value is -1.43. The van der Waals surface area contributed by atoms with Crippen molar-refractivity contribution in [3.05, 3.63) is 11.6 Å². The second-order valence-corrected chi connectivity index (χ2v) is 3.59. The number of hydrogen-bond donors (Lipinski definition) is 2. The fraction of sp³-hybridized carbons (Fsp3) is 0.667. The summed E-state index contributed by atoms with van der Waals surface area (Å²) in [4.78, 5) is 15.3. The van der Waals surface area contributed by atoms with E-state index in [0.29, 0.717) is 25.3 Å². The largest absolute Gasteiger partial charge is 0.460 e. The summed E-state index contributed by atoms with van der Waals surface area (Å²) in [5.74, 6) is 0.396. The van der Waals surface area contributed by atoms with Crippen molar-refractivity contribution >= 4 is 5.97 Å². The van der Waals surface area contributed by atoms with Gasteiger partial charge in [-0.15, -0.1) is 5.10 Å². The van der Waals surface area contributed by atoms with Crippen LogP contribution < -0.4 is 0 Å². The van der Waals surface area contributed by atoms with E-state index in [-0.39, 0.29) is 17.8 Å². The molecule has 0 aliphatic heterocycles. The van der Waals surface area contributed by atoms with Crippen molar-refractivity contribution in [1.82, 2.24) is 15.2 Å². The first-order chi connectivity index (χ1) is 7.20. The van der Waals surface area contributed by atoms with Crippen molar-refractivity contribution in [3.8, 4) is 0 Å². The predicted octanol–water partition coefficient (Wildman–Crippen LogP) is 0.220. The highest BCUT2D eigenvalue weighted by Crippen LogP contribution is 2.34. The Morgan fingerprint density at radius 3 is 3.00 bits per heavy atom. The maximum atomic E-state index is 11.2. The summed E-state index contributed by atoms with van der Waals surface area (Å²) in [6.45, 7) is 2.04. The Bertz CT molecular complexity index is 357. The van der Waals surface area contributed by atoms with Gasteiger partial charge in [-0.3, -0.25) is 5.10 Å². The molecule has 0 unspecified atom stereocenters. The summed E-state index contributed by atoms with van der Waals surface area (Å²) in [5, 5.41) is 15.6. The Morgan fingerprint density at radius 1 is 1.67 bits per heavy atom. The smallest absolute Gasteiger partial charge is 0.378 e. The third-order valence-electron chi connectivity index (χ3n) is 2.46. The van der Waals surface area contributed by atoms with E-state index in [9.17, 15) is 4.79 Å². The molecule has 1 fully saturated rings. The molecular formula is C9H13N3O3. The van der Waals surface area contributed by atoms with Crippen LogP contribution in [0.2, 0.25) is 0 Å². The number of nitrogens with one attached hydrogen (secondary N) is 1. The van der Waals surface area contributed by atoms with E-state index in [1.807, 2.05) is 0 Å². The molecule has 1 aromatic heterocycles. The van der Waals surface area contributed by atoms with E-state index in [1.165, 1.54) is 0 Å². The number of rotatable bonds is 3. The van der Waals surface area contributed by atoms with Gasteiger partial charge in [-0.2, -0.15) is 0 Å². The molecule has 1 aromatic rings. The summed E-state index contributed by atoms with van der Waals surface area (Å²) < 4.78 is 4.76. The molecule has 6 nitrogen and oxygen atoms in total. The first kappa shape index (κ1) is 10.1. The summed E-state index contributed by atoms with van der Waals surface area (Å²) in [6, 6.07) is 0. The zero-order valence-corrected chi connectivity index (χ0v) is 8.43. The summed E-state index contributed by atoms with van der Waals surface area (Å²) in [6.07, 6.45) is 1.11. The van der Waals surface area contributed by atoms with Crippen LogP contribution in [-0.4, -0.2) is 39.0 Å². The van der Waals surface area contributed by atoms with Gasteiger partial charge < -0.3 is 9.84 Å². The minimum Gasteiger partial charge on any atom is -0.460 e. The van der Waals surface area contributed by atoms with Gasteiger partial charge in [-0.05, 0) is 19.8 Å². The van der Waals surface area contributed by atoms with E-state index in [1.54, 1.807) is 6.92 Å². The lowest BCUT2D eigenvalue weighted by Crippen LogP contribution is -2.27. The van der Waals surface area contributed by atoms with Crippen LogP contribution in [0.25, 0.3) is 0 Å². The average Bonchev–Trinajstić information content (AvgIpc) is 2.62. The molecule has 0 radical (unpaired) electrons. The van der Waals surface area contributed by atoms with Gasteiger partial charge in [0.15, 0.2) is 0 Å². The Labute approximate surface area is 86.7 Å². The van der Waals surface area contributed by atoms with E-state index in [2.05, 4.69) is 15.2 Å². The zero-order chi connectivity index (χ0) is 10.8. The number of ether oxygens (including phenoxy) is 1. The minimum absolute atomic E-state index is 0.0632. The van der Waals surface area contributed by atoms with Gasteiger partial charge in [-0.25, -0.2) is 9.78 Å².